The first kappa shape index (κ1) is 18.6. The van der Waals surface area contributed by atoms with Gasteiger partial charge in [-0.3, -0.25) is 9.89 Å². The van der Waals surface area contributed by atoms with E-state index in [1.54, 1.807) is 18.3 Å². The number of nitrogens with one attached hydrogen (secondary N) is 3. The smallest absolute Gasteiger partial charge is 0.255 e. The molecule has 2 aromatic carbocycles. The molecule has 0 aliphatic rings. The van der Waals surface area contributed by atoms with Gasteiger partial charge in [-0.2, -0.15) is 9.49 Å². The summed E-state index contributed by atoms with van der Waals surface area (Å²) in [7, 11) is 0. The first-order chi connectivity index (χ1) is 14.0. The number of halogens is 1. The summed E-state index contributed by atoms with van der Waals surface area (Å²) in [5.41, 5.74) is 3.58. The number of aromatic amines is 1. The molecule has 4 rings (SSSR count). The number of carbonyl (C=O) groups is 1. The first-order valence-electron chi connectivity index (χ1n) is 9.27. The Balaban J connectivity index is 1.58. The normalized spacial score (nSPS) is 11.0. The molecule has 29 heavy (non-hydrogen) atoms. The minimum absolute atomic E-state index is 0.219. The van der Waals surface area contributed by atoms with E-state index in [0.29, 0.717) is 22.9 Å². The largest absolute Gasteiger partial charge is 0.338 e. The summed E-state index contributed by atoms with van der Waals surface area (Å²) < 4.78 is 13.8. The van der Waals surface area contributed by atoms with Gasteiger partial charge in [-0.15, -0.1) is 0 Å². The van der Waals surface area contributed by atoms with Crippen LogP contribution in [0.15, 0.2) is 60.8 Å². The third kappa shape index (κ3) is 4.08. The molecular formula is C22H20FN5O. The Morgan fingerprint density at radius 3 is 2.62 bits per heavy atom. The van der Waals surface area contributed by atoms with Crippen molar-refractivity contribution >= 4 is 34.0 Å². The zero-order valence-corrected chi connectivity index (χ0v) is 16.0. The van der Waals surface area contributed by atoms with Gasteiger partial charge in [0.1, 0.15) is 0 Å². The van der Waals surface area contributed by atoms with Gasteiger partial charge in [0.15, 0.2) is 5.82 Å². The molecule has 3 N–H and O–H groups in total. The summed E-state index contributed by atoms with van der Waals surface area (Å²) in [6, 6.07) is 15.7. The van der Waals surface area contributed by atoms with Gasteiger partial charge in [0.2, 0.25) is 5.95 Å². The molecule has 0 aliphatic carbocycles. The van der Waals surface area contributed by atoms with Gasteiger partial charge in [0.25, 0.3) is 5.91 Å². The van der Waals surface area contributed by atoms with Crippen LogP contribution in [-0.4, -0.2) is 21.1 Å². The van der Waals surface area contributed by atoms with Crippen molar-refractivity contribution in [3.63, 3.8) is 0 Å². The Morgan fingerprint density at radius 1 is 1.07 bits per heavy atom. The molecule has 0 aliphatic heterocycles. The Morgan fingerprint density at radius 2 is 1.86 bits per heavy atom. The fourth-order valence-electron chi connectivity index (χ4n) is 3.00. The van der Waals surface area contributed by atoms with E-state index >= 15 is 0 Å². The second-order valence-corrected chi connectivity index (χ2v) is 7.06. The highest BCUT2D eigenvalue weighted by Gasteiger charge is 2.13. The highest BCUT2D eigenvalue weighted by atomic mass is 19.1. The summed E-state index contributed by atoms with van der Waals surface area (Å²) >= 11 is 0. The molecule has 0 atom stereocenters. The SMILES string of the molecule is CC(C)c1ccc(C(=O)Nc2ccc(F)nc2Nc2ccc3cn[nH]c3c2)cc1. The lowest BCUT2D eigenvalue weighted by Gasteiger charge is -2.13. The standard InChI is InChI=1S/C22H20FN5O/c1-13(2)14-3-5-15(6-4-14)22(29)26-18-9-10-20(23)27-21(18)25-17-8-7-16-12-24-28-19(16)11-17/h3-13H,1-2H3,(H,24,28)(H,25,27)(H,26,29). The molecule has 2 aromatic heterocycles. The predicted molar refractivity (Wildman–Crippen MR) is 112 cm³/mol. The van der Waals surface area contributed by atoms with Crippen LogP contribution >= 0.6 is 0 Å². The lowest BCUT2D eigenvalue weighted by atomic mass is 10.0. The Hall–Kier alpha value is -3.74. The van der Waals surface area contributed by atoms with Crippen LogP contribution < -0.4 is 10.6 Å². The fraction of sp³-hybridized carbons (Fsp3) is 0.136. The van der Waals surface area contributed by atoms with Crippen LogP contribution in [0.3, 0.4) is 0 Å². The molecule has 7 heteroatoms. The number of aromatic nitrogens is 3. The van der Waals surface area contributed by atoms with Crippen LogP contribution in [-0.2, 0) is 0 Å². The second-order valence-electron chi connectivity index (χ2n) is 7.06. The topological polar surface area (TPSA) is 82.7 Å². The summed E-state index contributed by atoms with van der Waals surface area (Å²) in [5.74, 6) is -0.331. The average molecular weight is 389 g/mol. The molecule has 0 radical (unpaired) electrons. The summed E-state index contributed by atoms with van der Waals surface area (Å²) in [5, 5.41) is 13.7. The molecule has 0 saturated carbocycles. The van der Waals surface area contributed by atoms with Crippen molar-refractivity contribution in [3.8, 4) is 0 Å². The van der Waals surface area contributed by atoms with Gasteiger partial charge in [-0.05, 0) is 53.9 Å². The van der Waals surface area contributed by atoms with Gasteiger partial charge in [-0.25, -0.2) is 4.98 Å². The van der Waals surface area contributed by atoms with Gasteiger partial charge in [0.05, 0.1) is 17.4 Å². The zero-order valence-electron chi connectivity index (χ0n) is 16.0. The van der Waals surface area contributed by atoms with E-state index in [4.69, 9.17) is 0 Å². The van der Waals surface area contributed by atoms with Crippen molar-refractivity contribution in [3.05, 3.63) is 77.9 Å². The number of hydrogen-bond donors (Lipinski definition) is 3. The van der Waals surface area contributed by atoms with E-state index in [9.17, 15) is 9.18 Å². The fourth-order valence-corrected chi connectivity index (χ4v) is 3.00. The third-order valence-corrected chi connectivity index (χ3v) is 4.65. The van der Waals surface area contributed by atoms with Crippen molar-refractivity contribution in [1.29, 1.82) is 0 Å². The van der Waals surface area contributed by atoms with E-state index in [2.05, 4.69) is 39.7 Å². The third-order valence-electron chi connectivity index (χ3n) is 4.65. The molecule has 0 unspecified atom stereocenters. The van der Waals surface area contributed by atoms with E-state index in [0.717, 1.165) is 16.5 Å². The Bertz CT molecular complexity index is 1170. The lowest BCUT2D eigenvalue weighted by Crippen LogP contribution is -2.14. The number of H-pyrrole nitrogens is 1. The molecule has 146 valence electrons. The van der Waals surface area contributed by atoms with E-state index in [1.807, 2.05) is 30.3 Å². The van der Waals surface area contributed by atoms with Crippen molar-refractivity contribution in [2.24, 2.45) is 0 Å². The van der Waals surface area contributed by atoms with Crippen LogP contribution in [0.5, 0.6) is 0 Å². The number of pyridine rings is 1. The van der Waals surface area contributed by atoms with E-state index in [1.165, 1.54) is 12.1 Å². The van der Waals surface area contributed by atoms with Gasteiger partial charge < -0.3 is 10.6 Å². The number of fused-ring (bicyclic) bond motifs is 1. The highest BCUT2D eigenvalue weighted by molar-refractivity contribution is 6.05. The van der Waals surface area contributed by atoms with E-state index in [-0.39, 0.29) is 11.7 Å². The maximum Gasteiger partial charge on any atom is 0.255 e. The molecule has 4 aromatic rings. The average Bonchev–Trinajstić information content (AvgIpc) is 3.18. The molecule has 0 spiro atoms. The quantitative estimate of drug-likeness (QED) is 0.409. The van der Waals surface area contributed by atoms with Gasteiger partial charge in [0, 0.05) is 16.6 Å². The molecule has 6 nitrogen and oxygen atoms in total. The Kier molecular flexibility index (Phi) is 4.95. The number of anilines is 3. The maximum absolute atomic E-state index is 13.8. The number of amides is 1. The van der Waals surface area contributed by atoms with Gasteiger partial charge in [-0.1, -0.05) is 26.0 Å². The number of benzene rings is 2. The highest BCUT2D eigenvalue weighted by Crippen LogP contribution is 2.26. The maximum atomic E-state index is 13.8. The van der Waals surface area contributed by atoms with Crippen LogP contribution in [0.1, 0.15) is 35.7 Å². The van der Waals surface area contributed by atoms with Crippen molar-refractivity contribution in [2.75, 3.05) is 10.6 Å². The Labute approximate surface area is 167 Å². The number of carbonyl (C=O) groups excluding carboxylic acids is 1. The first-order valence-corrected chi connectivity index (χ1v) is 9.27. The monoisotopic (exact) mass is 389 g/mol. The molecule has 2 heterocycles. The second kappa shape index (κ2) is 7.71. The van der Waals surface area contributed by atoms with Crippen LogP contribution in [0.4, 0.5) is 21.6 Å². The van der Waals surface area contributed by atoms with Gasteiger partial charge >= 0.3 is 0 Å². The lowest BCUT2D eigenvalue weighted by molar-refractivity contribution is 0.102. The van der Waals surface area contributed by atoms with Crippen molar-refractivity contribution in [2.45, 2.75) is 19.8 Å². The molecular weight excluding hydrogens is 369 g/mol. The number of rotatable bonds is 5. The van der Waals surface area contributed by atoms with Crippen molar-refractivity contribution in [1.82, 2.24) is 15.2 Å². The van der Waals surface area contributed by atoms with Crippen LogP contribution in [0.25, 0.3) is 10.9 Å². The predicted octanol–water partition coefficient (Wildman–Crippen LogP) is 5.22. The number of nitrogens with zero attached hydrogens (tertiary/aromatic N) is 2. The molecule has 0 bridgehead atoms. The zero-order chi connectivity index (χ0) is 20.4. The minimum Gasteiger partial charge on any atom is -0.338 e. The molecule has 1 amide bonds. The summed E-state index contributed by atoms with van der Waals surface area (Å²) in [4.78, 5) is 16.6. The summed E-state index contributed by atoms with van der Waals surface area (Å²) in [6.45, 7) is 4.19. The summed E-state index contributed by atoms with van der Waals surface area (Å²) in [6.07, 6.45) is 1.72. The van der Waals surface area contributed by atoms with Crippen LogP contribution in [0, 0.1) is 5.95 Å². The van der Waals surface area contributed by atoms with E-state index < -0.39 is 5.95 Å². The van der Waals surface area contributed by atoms with Crippen molar-refractivity contribution < 1.29 is 9.18 Å². The molecule has 0 fully saturated rings. The number of hydrogen-bond acceptors (Lipinski definition) is 4. The minimum atomic E-state index is -0.644. The molecule has 0 saturated heterocycles. The van der Waals surface area contributed by atoms with Crippen LogP contribution in [0.2, 0.25) is 0 Å².